The van der Waals surface area contributed by atoms with Crippen LogP contribution in [0.4, 0.5) is 0 Å². The highest BCUT2D eigenvalue weighted by atomic mass is 32.2. The summed E-state index contributed by atoms with van der Waals surface area (Å²) >= 11 is 6.75. The summed E-state index contributed by atoms with van der Waals surface area (Å²) in [7, 11) is 0. The van der Waals surface area contributed by atoms with E-state index in [1.165, 1.54) is 71.0 Å². The fourth-order valence-corrected chi connectivity index (χ4v) is 4.82. The van der Waals surface area contributed by atoms with Gasteiger partial charge in [0.2, 0.25) is 0 Å². The first kappa shape index (κ1) is 15.1. The van der Waals surface area contributed by atoms with Crippen molar-refractivity contribution >= 4 is 24.4 Å². The van der Waals surface area contributed by atoms with Gasteiger partial charge in [-0.15, -0.1) is 0 Å². The largest absolute Gasteiger partial charge is 0.303 e. The molecule has 0 aromatic carbocycles. The quantitative estimate of drug-likeness (QED) is 0.776. The third-order valence-corrected chi connectivity index (χ3v) is 6.72. The van der Waals surface area contributed by atoms with E-state index >= 15 is 0 Å². The molecule has 0 N–H and O–H groups in total. The fraction of sp³-hybridized carbons (Fsp3) is 1.00. The van der Waals surface area contributed by atoms with Crippen LogP contribution in [0.5, 0.6) is 0 Å². The minimum absolute atomic E-state index is 0.542. The van der Waals surface area contributed by atoms with Crippen LogP contribution in [0.1, 0.15) is 51.4 Å². The second-order valence-electron chi connectivity index (χ2n) is 6.28. The molecule has 18 heavy (non-hydrogen) atoms. The summed E-state index contributed by atoms with van der Waals surface area (Å²) in [5.74, 6) is 1.09. The first-order valence-electron chi connectivity index (χ1n) is 7.64. The Labute approximate surface area is 123 Å². The topological polar surface area (TPSA) is 3.24 Å². The number of thiol groups is 1. The summed E-state index contributed by atoms with van der Waals surface area (Å²) in [5.41, 5.74) is 0.542. The SMILES string of the molecule is CSC1CCCN(CC2(CS)CCCCC2)CC1. The smallest absolute Gasteiger partial charge is 0.00569 e. The van der Waals surface area contributed by atoms with Crippen molar-refractivity contribution in [2.75, 3.05) is 31.6 Å². The van der Waals surface area contributed by atoms with E-state index in [-0.39, 0.29) is 0 Å². The van der Waals surface area contributed by atoms with E-state index in [1.807, 2.05) is 0 Å². The van der Waals surface area contributed by atoms with Crippen molar-refractivity contribution in [2.45, 2.75) is 56.6 Å². The lowest BCUT2D eigenvalue weighted by molar-refractivity contribution is 0.129. The highest BCUT2D eigenvalue weighted by Crippen LogP contribution is 2.38. The van der Waals surface area contributed by atoms with Gasteiger partial charge in [-0.25, -0.2) is 0 Å². The molecular formula is C15H29NS2. The van der Waals surface area contributed by atoms with Crippen LogP contribution in [0.2, 0.25) is 0 Å². The summed E-state index contributed by atoms with van der Waals surface area (Å²) in [6.07, 6.45) is 13.6. The third-order valence-electron chi connectivity index (χ3n) is 4.91. The van der Waals surface area contributed by atoms with Gasteiger partial charge in [0.15, 0.2) is 0 Å². The lowest BCUT2D eigenvalue weighted by atomic mass is 9.75. The molecule has 0 aromatic rings. The van der Waals surface area contributed by atoms with Gasteiger partial charge in [-0.2, -0.15) is 24.4 Å². The van der Waals surface area contributed by atoms with Gasteiger partial charge in [-0.3, -0.25) is 0 Å². The van der Waals surface area contributed by atoms with Crippen molar-refractivity contribution in [3.05, 3.63) is 0 Å². The molecule has 1 aliphatic heterocycles. The molecule has 1 saturated carbocycles. The van der Waals surface area contributed by atoms with Crippen molar-refractivity contribution in [3.63, 3.8) is 0 Å². The van der Waals surface area contributed by atoms with Crippen LogP contribution < -0.4 is 0 Å². The fourth-order valence-electron chi connectivity index (χ4n) is 3.66. The third kappa shape index (κ3) is 4.08. The average Bonchev–Trinajstić information content (AvgIpc) is 2.65. The van der Waals surface area contributed by atoms with E-state index in [2.05, 4.69) is 35.5 Å². The summed E-state index contributed by atoms with van der Waals surface area (Å²) in [4.78, 5) is 2.75. The Morgan fingerprint density at radius 2 is 1.89 bits per heavy atom. The molecule has 0 spiro atoms. The molecule has 0 bridgehead atoms. The van der Waals surface area contributed by atoms with E-state index in [4.69, 9.17) is 0 Å². The summed E-state index contributed by atoms with van der Waals surface area (Å²) < 4.78 is 0. The Balaban J connectivity index is 1.87. The molecule has 1 unspecified atom stereocenters. The molecule has 1 nitrogen and oxygen atoms in total. The standard InChI is InChI=1S/C15H29NS2/c1-18-14-6-5-10-16(11-7-14)12-15(13-17)8-3-2-4-9-15/h14,17H,2-13H2,1H3. The molecule has 2 fully saturated rings. The molecule has 1 aliphatic carbocycles. The van der Waals surface area contributed by atoms with Gasteiger partial charge < -0.3 is 4.90 Å². The van der Waals surface area contributed by atoms with Crippen molar-refractivity contribution in [3.8, 4) is 0 Å². The van der Waals surface area contributed by atoms with Crippen molar-refractivity contribution in [1.82, 2.24) is 4.90 Å². The van der Waals surface area contributed by atoms with Crippen LogP contribution in [-0.2, 0) is 0 Å². The molecule has 2 aliphatic rings. The second-order valence-corrected chi connectivity index (χ2v) is 7.74. The molecule has 106 valence electrons. The summed E-state index contributed by atoms with van der Waals surface area (Å²) in [6, 6.07) is 0. The normalized spacial score (nSPS) is 30.0. The molecule has 2 rings (SSSR count). The molecule has 0 radical (unpaired) electrons. The van der Waals surface area contributed by atoms with Crippen LogP contribution in [0, 0.1) is 5.41 Å². The van der Waals surface area contributed by atoms with Gasteiger partial charge in [-0.05, 0) is 62.6 Å². The molecule has 1 saturated heterocycles. The molecule has 0 amide bonds. The monoisotopic (exact) mass is 287 g/mol. The number of thioether (sulfide) groups is 1. The Morgan fingerprint density at radius 1 is 1.11 bits per heavy atom. The minimum Gasteiger partial charge on any atom is -0.303 e. The Kier molecular flexibility index (Phi) is 6.23. The maximum atomic E-state index is 4.68. The number of hydrogen-bond acceptors (Lipinski definition) is 3. The number of hydrogen-bond donors (Lipinski definition) is 1. The van der Waals surface area contributed by atoms with Gasteiger partial charge in [-0.1, -0.05) is 19.3 Å². The van der Waals surface area contributed by atoms with Crippen LogP contribution >= 0.6 is 24.4 Å². The van der Waals surface area contributed by atoms with E-state index in [0.717, 1.165) is 11.0 Å². The zero-order valence-electron chi connectivity index (χ0n) is 11.9. The molecule has 3 heteroatoms. The Hall–Kier alpha value is 0.660. The van der Waals surface area contributed by atoms with Gasteiger partial charge in [0, 0.05) is 11.8 Å². The first-order chi connectivity index (χ1) is 8.78. The summed E-state index contributed by atoms with van der Waals surface area (Å²) in [6.45, 7) is 3.96. The lowest BCUT2D eigenvalue weighted by Crippen LogP contribution is -2.41. The Morgan fingerprint density at radius 3 is 2.56 bits per heavy atom. The Bertz CT molecular complexity index is 239. The highest BCUT2D eigenvalue weighted by molar-refractivity contribution is 7.99. The molecular weight excluding hydrogens is 258 g/mol. The second kappa shape index (κ2) is 7.44. The zero-order chi connectivity index (χ0) is 12.8. The maximum Gasteiger partial charge on any atom is 0.00569 e. The number of nitrogens with zero attached hydrogens (tertiary/aromatic N) is 1. The van der Waals surface area contributed by atoms with Crippen molar-refractivity contribution in [1.29, 1.82) is 0 Å². The molecule has 1 heterocycles. The van der Waals surface area contributed by atoms with E-state index in [9.17, 15) is 0 Å². The van der Waals surface area contributed by atoms with Crippen molar-refractivity contribution in [2.24, 2.45) is 5.41 Å². The van der Waals surface area contributed by atoms with Gasteiger partial charge in [0.1, 0.15) is 0 Å². The predicted molar refractivity (Wildman–Crippen MR) is 87.0 cm³/mol. The van der Waals surface area contributed by atoms with E-state index in [0.29, 0.717) is 5.41 Å². The summed E-state index contributed by atoms with van der Waals surface area (Å²) in [5, 5.41) is 0.910. The zero-order valence-corrected chi connectivity index (χ0v) is 13.6. The van der Waals surface area contributed by atoms with Crippen molar-refractivity contribution < 1.29 is 0 Å². The molecule has 0 aromatic heterocycles. The lowest BCUT2D eigenvalue weighted by Gasteiger charge is -2.40. The minimum atomic E-state index is 0.542. The van der Waals surface area contributed by atoms with E-state index < -0.39 is 0 Å². The van der Waals surface area contributed by atoms with E-state index in [1.54, 1.807) is 0 Å². The maximum absolute atomic E-state index is 4.68. The predicted octanol–water partition coefficient (Wildman–Crippen LogP) is 4.08. The van der Waals surface area contributed by atoms with Crippen LogP contribution in [0.15, 0.2) is 0 Å². The van der Waals surface area contributed by atoms with Crippen LogP contribution in [0.25, 0.3) is 0 Å². The number of likely N-dealkylation sites (tertiary alicyclic amines) is 1. The first-order valence-corrected chi connectivity index (χ1v) is 9.56. The highest BCUT2D eigenvalue weighted by Gasteiger charge is 2.33. The van der Waals surface area contributed by atoms with Gasteiger partial charge in [0.25, 0.3) is 0 Å². The average molecular weight is 288 g/mol. The number of rotatable bonds is 4. The van der Waals surface area contributed by atoms with Gasteiger partial charge in [0.05, 0.1) is 0 Å². The van der Waals surface area contributed by atoms with Crippen LogP contribution in [0.3, 0.4) is 0 Å². The molecule has 1 atom stereocenters. The van der Waals surface area contributed by atoms with Gasteiger partial charge >= 0.3 is 0 Å². The van der Waals surface area contributed by atoms with Crippen LogP contribution in [-0.4, -0.2) is 41.8 Å².